The van der Waals surface area contributed by atoms with E-state index in [0.29, 0.717) is 0 Å². The van der Waals surface area contributed by atoms with Gasteiger partial charge in [-0.15, -0.1) is 0 Å². The molecular formula is C112H118N4. The molecule has 0 atom stereocenters. The molecule has 12 aromatic rings. The second kappa shape index (κ2) is 26.2. The summed E-state index contributed by atoms with van der Waals surface area (Å²) >= 11 is 0. The molecule has 0 saturated heterocycles. The molecule has 0 spiro atoms. The molecule has 16 bridgehead atoms. The van der Waals surface area contributed by atoms with Gasteiger partial charge in [-0.3, -0.25) is 0 Å². The summed E-state index contributed by atoms with van der Waals surface area (Å²) in [5, 5.41) is 7.63. The number of aryl methyl sites for hydroxylation is 8. The number of benzene rings is 12. The van der Waals surface area contributed by atoms with Crippen LogP contribution < -0.4 is 19.6 Å². The highest BCUT2D eigenvalue weighted by Crippen LogP contribution is 2.67. The Morgan fingerprint density at radius 3 is 0.526 bits per heavy atom. The molecule has 28 rings (SSSR count). The van der Waals surface area contributed by atoms with Crippen LogP contribution in [-0.4, -0.2) is 0 Å². The molecule has 4 heteroatoms. The Hall–Kier alpha value is -9.12. The number of rotatable bonds is 16. The minimum Gasteiger partial charge on any atom is -0.309 e. The van der Waals surface area contributed by atoms with Crippen molar-refractivity contribution in [2.24, 2.45) is 71.0 Å². The molecule has 16 aliphatic carbocycles. The Balaban J connectivity index is 0.802. The van der Waals surface area contributed by atoms with E-state index in [1.54, 1.807) is 22.3 Å². The van der Waals surface area contributed by atoms with Crippen LogP contribution in [0.5, 0.6) is 0 Å². The van der Waals surface area contributed by atoms with Crippen molar-refractivity contribution in [2.45, 2.75) is 231 Å². The lowest BCUT2D eigenvalue weighted by Gasteiger charge is -2.57. The zero-order chi connectivity index (χ0) is 77.6. The highest BCUT2D eigenvalue weighted by atomic mass is 15.2. The van der Waals surface area contributed by atoms with Gasteiger partial charge in [0.1, 0.15) is 0 Å². The molecule has 0 aromatic heterocycles. The first-order valence-corrected chi connectivity index (χ1v) is 46.1. The van der Waals surface area contributed by atoms with Crippen LogP contribution in [0.3, 0.4) is 0 Å². The van der Waals surface area contributed by atoms with Crippen LogP contribution in [0.1, 0.15) is 221 Å². The van der Waals surface area contributed by atoms with Crippen LogP contribution in [0, 0.1) is 126 Å². The van der Waals surface area contributed by atoms with E-state index in [-0.39, 0.29) is 21.7 Å². The standard InChI is InChI=1S/C112H118N4/c1-67-17-9-13-21-95(67)113(99-33-25-87(37-71(99)5)109-55-75-41-76(56-109)43-77(42-75)57-109)103-53-104(114(96-22-14-10-18-68(96)2)100-34-26-88(38-72(100)6)110-58-78-44-79(59-110)46-80(45-78)60-110)92-31-32-94-106(116(98-24-16-12-20-70(98)4)102-36-28-90(40-74(102)8)112-64-84-50-85(65-112)52-86(51-84)66-112)54-105(93-30-29-91(103)107(92)108(93)94)115(97-23-15-11-19-69(97)3)101-35-27-89(39-73(101)7)111-61-81-47-82(62-111)49-83(48-81)63-111/h9-40,53-54,75-86H,41-52,55-66H2,1-8H3. The lowest BCUT2D eigenvalue weighted by Crippen LogP contribution is -2.48. The third-order valence-electron chi connectivity index (χ3n) is 34.6. The van der Waals surface area contributed by atoms with Crippen LogP contribution in [0.25, 0.3) is 32.3 Å². The molecule has 0 N–H and O–H groups in total. The van der Waals surface area contributed by atoms with Crippen molar-refractivity contribution in [2.75, 3.05) is 19.6 Å². The molecule has 0 aliphatic heterocycles. The average Bonchev–Trinajstić information content (AvgIpc) is 0.703. The maximum absolute atomic E-state index is 2.74. The summed E-state index contributed by atoms with van der Waals surface area (Å²) in [4.78, 5) is 11.0. The monoisotopic (exact) mass is 1520 g/mol. The summed E-state index contributed by atoms with van der Waals surface area (Å²) in [7, 11) is 0. The van der Waals surface area contributed by atoms with Crippen LogP contribution in [0.15, 0.2) is 206 Å². The summed E-state index contributed by atoms with van der Waals surface area (Å²) in [5.41, 5.74) is 32.5. The maximum Gasteiger partial charge on any atom is 0.0561 e. The molecule has 586 valence electrons. The molecule has 16 fully saturated rings. The van der Waals surface area contributed by atoms with E-state index in [1.165, 1.54) is 299 Å². The van der Waals surface area contributed by atoms with E-state index in [0.717, 1.165) is 71.0 Å². The van der Waals surface area contributed by atoms with E-state index in [9.17, 15) is 0 Å². The SMILES string of the molecule is Cc1ccccc1N(c1ccc(C23CC4CC(CC(C4)C2)C3)cc1C)c1cc(N(c2ccccc2C)c2ccc(C34CC5CC(CC(C5)C3)C4)cc2C)c2ccc3c(N(c4ccccc4C)c4ccc(C56CC7CC(CC(C7)C5)C6)cc4C)cc(N(c4ccccc4C)c4ccc(C56CC7CC(CC(C7)C5)C6)cc4C)c4ccc1c2c43. The molecule has 4 nitrogen and oxygen atoms in total. The van der Waals surface area contributed by atoms with E-state index in [4.69, 9.17) is 0 Å². The molecule has 0 amide bonds. The lowest BCUT2D eigenvalue weighted by molar-refractivity contribution is -0.00532. The summed E-state index contributed by atoms with van der Waals surface area (Å²) < 4.78 is 0. The fourth-order valence-corrected chi connectivity index (χ4v) is 31.3. The van der Waals surface area contributed by atoms with Crippen LogP contribution in [-0.2, 0) is 21.7 Å². The maximum atomic E-state index is 2.74. The quantitative estimate of drug-likeness (QED) is 0.0894. The molecule has 16 aliphatic rings. The number of nitrogens with zero attached hydrogens (tertiary/aromatic N) is 4. The third-order valence-corrected chi connectivity index (χ3v) is 34.6. The Morgan fingerprint density at radius 2 is 0.353 bits per heavy atom. The van der Waals surface area contributed by atoms with E-state index < -0.39 is 0 Å². The van der Waals surface area contributed by atoms with Gasteiger partial charge >= 0.3 is 0 Å². The summed E-state index contributed by atoms with van der Waals surface area (Å²) in [6.07, 6.45) is 33.5. The first-order chi connectivity index (χ1) is 56.4. The van der Waals surface area contributed by atoms with Crippen molar-refractivity contribution >= 4 is 101 Å². The zero-order valence-electron chi connectivity index (χ0n) is 70.3. The number of anilines is 12. The van der Waals surface area contributed by atoms with Gasteiger partial charge in [0.05, 0.1) is 22.7 Å². The molecule has 12 aromatic carbocycles. The predicted octanol–water partition coefficient (Wildman–Crippen LogP) is 30.8. The minimum atomic E-state index is 0.265. The number of para-hydroxylation sites is 4. The van der Waals surface area contributed by atoms with Gasteiger partial charge < -0.3 is 19.6 Å². The second-order valence-corrected chi connectivity index (χ2v) is 42.2. The largest absolute Gasteiger partial charge is 0.309 e. The van der Waals surface area contributed by atoms with Crippen molar-refractivity contribution in [3.63, 3.8) is 0 Å². The molecule has 16 saturated carbocycles. The molecule has 0 radical (unpaired) electrons. The number of hydrogen-bond donors (Lipinski definition) is 0. The fraction of sp³-hybridized carbons (Fsp3) is 0.429. The van der Waals surface area contributed by atoms with Crippen molar-refractivity contribution in [1.29, 1.82) is 0 Å². The minimum absolute atomic E-state index is 0.265. The van der Waals surface area contributed by atoms with Crippen molar-refractivity contribution in [1.82, 2.24) is 0 Å². The fourth-order valence-electron chi connectivity index (χ4n) is 31.3. The smallest absolute Gasteiger partial charge is 0.0561 e. The van der Waals surface area contributed by atoms with Gasteiger partial charge in [0.2, 0.25) is 0 Å². The van der Waals surface area contributed by atoms with Gasteiger partial charge in [-0.05, 0) is 430 Å². The zero-order valence-corrected chi connectivity index (χ0v) is 70.3. The Bertz CT molecular complexity index is 5140. The van der Waals surface area contributed by atoms with E-state index >= 15 is 0 Å². The topological polar surface area (TPSA) is 13.0 Å². The van der Waals surface area contributed by atoms with E-state index in [2.05, 4.69) is 281 Å². The Morgan fingerprint density at radius 1 is 0.181 bits per heavy atom. The van der Waals surface area contributed by atoms with Crippen LogP contribution in [0.4, 0.5) is 68.2 Å². The normalized spacial score (nSPS) is 30.6. The van der Waals surface area contributed by atoms with Gasteiger partial charge in [0.25, 0.3) is 0 Å². The van der Waals surface area contributed by atoms with Crippen LogP contribution in [0.2, 0.25) is 0 Å². The lowest BCUT2D eigenvalue weighted by atomic mass is 9.48. The van der Waals surface area contributed by atoms with Crippen molar-refractivity contribution < 1.29 is 0 Å². The van der Waals surface area contributed by atoms with Crippen molar-refractivity contribution in [3.8, 4) is 0 Å². The second-order valence-electron chi connectivity index (χ2n) is 42.2. The van der Waals surface area contributed by atoms with Gasteiger partial charge in [-0.2, -0.15) is 0 Å². The highest BCUT2D eigenvalue weighted by molar-refractivity contribution is 6.33. The summed E-state index contributed by atoms with van der Waals surface area (Å²) in [5.74, 6) is 10.4. The summed E-state index contributed by atoms with van der Waals surface area (Å²) in [6.45, 7) is 19.3. The number of hydrogen-bond acceptors (Lipinski definition) is 4. The van der Waals surface area contributed by atoms with Gasteiger partial charge in [-0.25, -0.2) is 0 Å². The predicted molar refractivity (Wildman–Crippen MR) is 486 cm³/mol. The first kappa shape index (κ1) is 71.0. The molecular weight excluding hydrogens is 1400 g/mol. The summed E-state index contributed by atoms with van der Waals surface area (Å²) in [6, 6.07) is 84.7. The highest BCUT2D eigenvalue weighted by Gasteiger charge is 2.56. The van der Waals surface area contributed by atoms with E-state index in [1.807, 2.05) is 0 Å². The Kier molecular flexibility index (Phi) is 16.0. The van der Waals surface area contributed by atoms with Gasteiger partial charge in [0, 0.05) is 77.8 Å². The van der Waals surface area contributed by atoms with Crippen molar-refractivity contribution in [3.05, 3.63) is 273 Å². The Labute approximate surface area is 690 Å². The van der Waals surface area contributed by atoms with Gasteiger partial charge in [0.15, 0.2) is 0 Å². The third kappa shape index (κ3) is 11.0. The van der Waals surface area contributed by atoms with Crippen LogP contribution >= 0.6 is 0 Å². The molecule has 116 heavy (non-hydrogen) atoms. The van der Waals surface area contributed by atoms with Gasteiger partial charge in [-0.1, -0.05) is 146 Å². The molecule has 0 unspecified atom stereocenters. The average molecular weight is 1520 g/mol. The first-order valence-electron chi connectivity index (χ1n) is 46.1. The molecule has 0 heterocycles.